The Morgan fingerprint density at radius 3 is 2.60 bits per heavy atom. The number of phenolic OH excluding ortho intramolecular Hbond substituents is 1. The molecule has 2 rings (SSSR count). The number of phenols is 1. The highest BCUT2D eigenvalue weighted by molar-refractivity contribution is 5.95. The van der Waals surface area contributed by atoms with Gasteiger partial charge in [0, 0.05) is 12.5 Å². The zero-order chi connectivity index (χ0) is 22.6. The van der Waals surface area contributed by atoms with Gasteiger partial charge in [-0.25, -0.2) is 4.79 Å². The summed E-state index contributed by atoms with van der Waals surface area (Å²) in [7, 11) is 0. The van der Waals surface area contributed by atoms with Gasteiger partial charge in [-0.1, -0.05) is 26.0 Å². The molecule has 10 heteroatoms. The number of carbonyl (C=O) groups is 2. The maximum absolute atomic E-state index is 12.4. The molecule has 0 aliphatic carbocycles. The van der Waals surface area contributed by atoms with Crippen LogP contribution in [0.2, 0.25) is 0 Å². The lowest BCUT2D eigenvalue weighted by atomic mass is 9.90. The van der Waals surface area contributed by atoms with Gasteiger partial charge < -0.3 is 36.6 Å². The van der Waals surface area contributed by atoms with Crippen molar-refractivity contribution in [2.45, 2.75) is 63.5 Å². The number of carbonyl (C=O) groups excluding carboxylic acids is 1. The van der Waals surface area contributed by atoms with Crippen LogP contribution in [-0.2, 0) is 16.0 Å². The summed E-state index contributed by atoms with van der Waals surface area (Å²) in [5.74, 6) is -2.24. The molecular formula is C20H29N3O7. The molecule has 8 N–H and O–H groups in total. The molecule has 5 unspecified atom stereocenters. The Morgan fingerprint density at radius 1 is 1.33 bits per heavy atom. The summed E-state index contributed by atoms with van der Waals surface area (Å²) in [6.07, 6.45) is -3.79. The minimum Gasteiger partial charge on any atom is -0.507 e. The third-order valence-corrected chi connectivity index (χ3v) is 4.94. The highest BCUT2D eigenvalue weighted by Gasteiger charge is 2.35. The number of nitrogens with two attached hydrogens (primary N) is 2. The standard InChI is InChI=1S/C20H29N3O7/c1-9(2)6-12(23-19(22)18(28)17(27)11(21)8-15(25)26)14-7-10-4-3-5-13(24)16(10)20(29)30-14/h3-5,9,11-12,14,17-18,24,27-28H,6-8,21H2,1-2H3,(H2,22,23)(H,25,26). The molecule has 0 radical (unpaired) electrons. The monoisotopic (exact) mass is 423 g/mol. The molecule has 166 valence electrons. The summed E-state index contributed by atoms with van der Waals surface area (Å²) in [5, 5.41) is 39.1. The summed E-state index contributed by atoms with van der Waals surface area (Å²) in [4.78, 5) is 27.5. The number of nitrogens with zero attached hydrogens (tertiary/aromatic N) is 1. The van der Waals surface area contributed by atoms with Gasteiger partial charge in [0.25, 0.3) is 0 Å². The van der Waals surface area contributed by atoms with Crippen molar-refractivity contribution >= 4 is 17.8 Å². The molecular weight excluding hydrogens is 394 g/mol. The highest BCUT2D eigenvalue weighted by atomic mass is 16.5. The number of fused-ring (bicyclic) bond motifs is 1. The number of esters is 1. The summed E-state index contributed by atoms with van der Waals surface area (Å²) in [6.45, 7) is 3.88. The van der Waals surface area contributed by atoms with Crippen LogP contribution in [0.4, 0.5) is 0 Å². The number of benzene rings is 1. The Balaban J connectivity index is 2.25. The van der Waals surface area contributed by atoms with Crippen LogP contribution in [0, 0.1) is 5.92 Å². The third kappa shape index (κ3) is 5.68. The first-order chi connectivity index (χ1) is 14.0. The fourth-order valence-corrected chi connectivity index (χ4v) is 3.43. The smallest absolute Gasteiger partial charge is 0.342 e. The molecule has 0 saturated carbocycles. The number of hydrogen-bond acceptors (Lipinski definition) is 8. The van der Waals surface area contributed by atoms with Gasteiger partial charge in [-0.3, -0.25) is 9.79 Å². The average Bonchev–Trinajstić information content (AvgIpc) is 2.65. The van der Waals surface area contributed by atoms with Crippen molar-refractivity contribution in [3.8, 4) is 5.75 Å². The maximum Gasteiger partial charge on any atom is 0.342 e. The van der Waals surface area contributed by atoms with Crippen molar-refractivity contribution < 1.29 is 34.8 Å². The van der Waals surface area contributed by atoms with E-state index in [2.05, 4.69) is 4.99 Å². The molecule has 0 amide bonds. The fourth-order valence-electron chi connectivity index (χ4n) is 3.43. The number of carboxylic acid groups (broad SMARTS) is 1. The molecule has 10 nitrogen and oxygen atoms in total. The number of aromatic hydroxyl groups is 1. The average molecular weight is 423 g/mol. The Hall–Kier alpha value is -2.69. The lowest BCUT2D eigenvalue weighted by Gasteiger charge is -2.31. The van der Waals surface area contributed by atoms with Gasteiger partial charge in [-0.2, -0.15) is 0 Å². The SMILES string of the molecule is CC(C)CC(N=C(N)C(O)C(O)C(N)CC(=O)O)C1Cc2cccc(O)c2C(=O)O1. The second kappa shape index (κ2) is 9.88. The van der Waals surface area contributed by atoms with E-state index in [1.807, 2.05) is 13.8 Å². The molecule has 1 aliphatic rings. The molecule has 1 aromatic carbocycles. The fraction of sp³-hybridized carbons (Fsp3) is 0.550. The number of aliphatic imine (C=N–C) groups is 1. The normalized spacial score (nSPS) is 20.8. The van der Waals surface area contributed by atoms with E-state index >= 15 is 0 Å². The molecule has 5 atom stereocenters. The number of rotatable bonds is 9. The Kier molecular flexibility index (Phi) is 7.77. The van der Waals surface area contributed by atoms with Gasteiger partial charge in [-0.05, 0) is 24.0 Å². The number of aliphatic hydroxyl groups excluding tert-OH is 2. The molecule has 0 aromatic heterocycles. The topological polar surface area (TPSA) is 189 Å². The second-order valence-corrected chi connectivity index (χ2v) is 7.91. The quantitative estimate of drug-likeness (QED) is 0.177. The number of amidine groups is 1. The van der Waals surface area contributed by atoms with Crippen molar-refractivity contribution in [2.24, 2.45) is 22.4 Å². The number of aliphatic hydroxyl groups is 2. The molecule has 0 saturated heterocycles. The minimum atomic E-state index is -1.68. The Bertz CT molecular complexity index is 812. The number of carboxylic acids is 1. The first-order valence-electron chi connectivity index (χ1n) is 9.69. The Labute approximate surface area is 174 Å². The van der Waals surface area contributed by atoms with Gasteiger partial charge in [0.05, 0.1) is 12.5 Å². The van der Waals surface area contributed by atoms with Crippen molar-refractivity contribution in [2.75, 3.05) is 0 Å². The predicted octanol–water partition coefficient (Wildman–Crippen LogP) is -0.231. The lowest BCUT2D eigenvalue weighted by molar-refractivity contribution is -0.138. The summed E-state index contributed by atoms with van der Waals surface area (Å²) in [6, 6.07) is 2.88. The van der Waals surface area contributed by atoms with Crippen molar-refractivity contribution in [1.29, 1.82) is 0 Å². The summed E-state index contributed by atoms with van der Waals surface area (Å²) >= 11 is 0. The van der Waals surface area contributed by atoms with Crippen molar-refractivity contribution in [1.82, 2.24) is 0 Å². The molecule has 0 spiro atoms. The molecule has 1 aliphatic heterocycles. The lowest BCUT2D eigenvalue weighted by Crippen LogP contribution is -2.50. The zero-order valence-corrected chi connectivity index (χ0v) is 16.9. The Morgan fingerprint density at radius 2 is 2.00 bits per heavy atom. The first-order valence-corrected chi connectivity index (χ1v) is 9.69. The van der Waals surface area contributed by atoms with E-state index in [0.29, 0.717) is 18.4 Å². The zero-order valence-electron chi connectivity index (χ0n) is 16.9. The second-order valence-electron chi connectivity index (χ2n) is 7.91. The van der Waals surface area contributed by atoms with E-state index in [9.17, 15) is 24.9 Å². The summed E-state index contributed by atoms with van der Waals surface area (Å²) in [5.41, 5.74) is 12.2. The maximum atomic E-state index is 12.4. The molecule has 0 fully saturated rings. The molecule has 0 bridgehead atoms. The predicted molar refractivity (Wildman–Crippen MR) is 108 cm³/mol. The van der Waals surface area contributed by atoms with Crippen LogP contribution in [0.15, 0.2) is 23.2 Å². The minimum absolute atomic E-state index is 0.115. The number of cyclic esters (lactones) is 1. The van der Waals surface area contributed by atoms with E-state index in [4.69, 9.17) is 21.3 Å². The van der Waals surface area contributed by atoms with Crippen LogP contribution in [0.5, 0.6) is 5.75 Å². The van der Waals surface area contributed by atoms with Gasteiger partial charge in [0.15, 0.2) is 0 Å². The van der Waals surface area contributed by atoms with Gasteiger partial charge in [-0.15, -0.1) is 0 Å². The van der Waals surface area contributed by atoms with Crippen LogP contribution in [0.3, 0.4) is 0 Å². The molecule has 30 heavy (non-hydrogen) atoms. The van der Waals surface area contributed by atoms with Gasteiger partial charge >= 0.3 is 11.9 Å². The van der Waals surface area contributed by atoms with E-state index < -0.39 is 48.8 Å². The molecule has 1 heterocycles. The van der Waals surface area contributed by atoms with Crippen LogP contribution in [0.1, 0.15) is 42.6 Å². The van der Waals surface area contributed by atoms with E-state index in [-0.39, 0.29) is 23.1 Å². The third-order valence-electron chi connectivity index (χ3n) is 4.94. The largest absolute Gasteiger partial charge is 0.507 e. The van der Waals surface area contributed by atoms with Gasteiger partial charge in [0.2, 0.25) is 0 Å². The van der Waals surface area contributed by atoms with Crippen LogP contribution in [-0.4, -0.2) is 68.6 Å². The molecule has 1 aromatic rings. The van der Waals surface area contributed by atoms with E-state index in [1.54, 1.807) is 12.1 Å². The first kappa shape index (κ1) is 23.6. The van der Waals surface area contributed by atoms with Crippen LogP contribution < -0.4 is 11.5 Å². The van der Waals surface area contributed by atoms with E-state index in [0.717, 1.165) is 0 Å². The number of hydrogen-bond donors (Lipinski definition) is 6. The summed E-state index contributed by atoms with van der Waals surface area (Å²) < 4.78 is 5.49. The number of ether oxygens (including phenoxy) is 1. The van der Waals surface area contributed by atoms with Crippen molar-refractivity contribution in [3.05, 3.63) is 29.3 Å². The van der Waals surface area contributed by atoms with E-state index in [1.165, 1.54) is 6.07 Å². The van der Waals surface area contributed by atoms with Gasteiger partial charge in [0.1, 0.15) is 35.5 Å². The highest BCUT2D eigenvalue weighted by Crippen LogP contribution is 2.31. The van der Waals surface area contributed by atoms with Crippen LogP contribution in [0.25, 0.3) is 0 Å². The number of aliphatic carboxylic acids is 1. The van der Waals surface area contributed by atoms with Crippen LogP contribution >= 0.6 is 0 Å². The van der Waals surface area contributed by atoms with Crippen molar-refractivity contribution in [3.63, 3.8) is 0 Å².